The lowest BCUT2D eigenvalue weighted by molar-refractivity contribution is 0.354. The molecule has 0 radical (unpaired) electrons. The van der Waals surface area contributed by atoms with Crippen LogP contribution < -0.4 is 14.8 Å². The normalized spacial score (nSPS) is 17.9. The molecule has 1 aliphatic heterocycles. The van der Waals surface area contributed by atoms with Gasteiger partial charge in [0, 0.05) is 23.9 Å². The Hall–Kier alpha value is -1.52. The van der Waals surface area contributed by atoms with Crippen molar-refractivity contribution in [3.63, 3.8) is 0 Å². The second kappa shape index (κ2) is 5.23. The first-order valence-electron chi connectivity index (χ1n) is 6.32. The smallest absolute Gasteiger partial charge is 0.161 e. The van der Waals surface area contributed by atoms with Gasteiger partial charge in [0.05, 0.1) is 14.2 Å². The van der Waals surface area contributed by atoms with E-state index in [1.165, 1.54) is 16.0 Å². The summed E-state index contributed by atoms with van der Waals surface area (Å²) in [5, 5.41) is 5.65. The fourth-order valence-corrected chi connectivity index (χ4v) is 3.52. The molecule has 19 heavy (non-hydrogen) atoms. The third-order valence-electron chi connectivity index (χ3n) is 3.60. The molecule has 0 aliphatic carbocycles. The molecule has 1 atom stereocenters. The van der Waals surface area contributed by atoms with Crippen molar-refractivity contribution in [2.75, 3.05) is 20.8 Å². The molecule has 2 heterocycles. The standard InChI is InChI=1S/C15H17NO2S/c1-17-13-4-3-10(7-14(13)18-2)12-8-16-9-15-11(12)5-6-19-15/h3-7,12,16H,8-9H2,1-2H3. The Morgan fingerprint density at radius 1 is 1.16 bits per heavy atom. The van der Waals surface area contributed by atoms with Crippen molar-refractivity contribution >= 4 is 11.3 Å². The number of hydrogen-bond acceptors (Lipinski definition) is 4. The summed E-state index contributed by atoms with van der Waals surface area (Å²) in [5.41, 5.74) is 2.71. The summed E-state index contributed by atoms with van der Waals surface area (Å²) in [6.07, 6.45) is 0. The zero-order valence-corrected chi connectivity index (χ0v) is 11.9. The average Bonchev–Trinajstić information content (AvgIpc) is 2.94. The summed E-state index contributed by atoms with van der Waals surface area (Å²) in [7, 11) is 3.34. The Balaban J connectivity index is 2.00. The third-order valence-corrected chi connectivity index (χ3v) is 4.54. The largest absolute Gasteiger partial charge is 0.493 e. The molecule has 2 aromatic rings. The first-order chi connectivity index (χ1) is 9.33. The minimum atomic E-state index is 0.398. The maximum Gasteiger partial charge on any atom is 0.161 e. The molecule has 0 saturated carbocycles. The number of ether oxygens (including phenoxy) is 2. The second-order valence-corrected chi connectivity index (χ2v) is 5.60. The van der Waals surface area contributed by atoms with E-state index in [2.05, 4.69) is 28.9 Å². The van der Waals surface area contributed by atoms with E-state index < -0.39 is 0 Å². The van der Waals surface area contributed by atoms with Crippen LogP contribution in [0, 0.1) is 0 Å². The van der Waals surface area contributed by atoms with Crippen molar-refractivity contribution < 1.29 is 9.47 Å². The van der Waals surface area contributed by atoms with Crippen molar-refractivity contribution in [3.05, 3.63) is 45.6 Å². The zero-order chi connectivity index (χ0) is 13.2. The number of benzene rings is 1. The number of rotatable bonds is 3. The van der Waals surface area contributed by atoms with Gasteiger partial charge >= 0.3 is 0 Å². The van der Waals surface area contributed by atoms with E-state index >= 15 is 0 Å². The third kappa shape index (κ3) is 2.22. The van der Waals surface area contributed by atoms with Crippen molar-refractivity contribution in [2.24, 2.45) is 0 Å². The highest BCUT2D eigenvalue weighted by Gasteiger charge is 2.23. The Morgan fingerprint density at radius 2 is 2.00 bits per heavy atom. The second-order valence-electron chi connectivity index (χ2n) is 4.60. The molecular weight excluding hydrogens is 258 g/mol. The molecule has 1 N–H and O–H groups in total. The number of hydrogen-bond donors (Lipinski definition) is 1. The van der Waals surface area contributed by atoms with Crippen LogP contribution in [0.2, 0.25) is 0 Å². The quantitative estimate of drug-likeness (QED) is 0.934. The van der Waals surface area contributed by atoms with Gasteiger partial charge < -0.3 is 14.8 Å². The summed E-state index contributed by atoms with van der Waals surface area (Å²) < 4.78 is 10.7. The van der Waals surface area contributed by atoms with Gasteiger partial charge in [-0.2, -0.15) is 0 Å². The average molecular weight is 275 g/mol. The van der Waals surface area contributed by atoms with Gasteiger partial charge in [-0.05, 0) is 34.7 Å². The van der Waals surface area contributed by atoms with Crippen LogP contribution in [0.25, 0.3) is 0 Å². The van der Waals surface area contributed by atoms with Gasteiger partial charge in [0.2, 0.25) is 0 Å². The molecule has 0 bridgehead atoms. The molecule has 0 spiro atoms. The molecule has 1 unspecified atom stereocenters. The Bertz CT molecular complexity index is 579. The van der Waals surface area contributed by atoms with Crippen molar-refractivity contribution in [3.8, 4) is 11.5 Å². The van der Waals surface area contributed by atoms with Gasteiger partial charge in [-0.25, -0.2) is 0 Å². The predicted octanol–water partition coefficient (Wildman–Crippen LogP) is 3.00. The summed E-state index contributed by atoms with van der Waals surface area (Å²) in [6.45, 7) is 1.95. The summed E-state index contributed by atoms with van der Waals surface area (Å²) >= 11 is 1.82. The maximum absolute atomic E-state index is 5.39. The molecule has 3 nitrogen and oxygen atoms in total. The molecular formula is C15H17NO2S. The number of methoxy groups -OCH3 is 2. The van der Waals surface area contributed by atoms with Crippen LogP contribution in [0.5, 0.6) is 11.5 Å². The van der Waals surface area contributed by atoms with E-state index in [1.54, 1.807) is 14.2 Å². The highest BCUT2D eigenvalue weighted by atomic mass is 32.1. The van der Waals surface area contributed by atoms with Gasteiger partial charge in [0.25, 0.3) is 0 Å². The van der Waals surface area contributed by atoms with Crippen LogP contribution in [0.1, 0.15) is 21.9 Å². The van der Waals surface area contributed by atoms with Crippen molar-refractivity contribution in [1.82, 2.24) is 5.32 Å². The van der Waals surface area contributed by atoms with Gasteiger partial charge in [-0.3, -0.25) is 0 Å². The lowest BCUT2D eigenvalue weighted by atomic mass is 9.89. The minimum Gasteiger partial charge on any atom is -0.493 e. The van der Waals surface area contributed by atoms with Gasteiger partial charge in [0.1, 0.15) is 0 Å². The SMILES string of the molecule is COc1ccc(C2CNCc3sccc32)cc1OC. The highest BCUT2D eigenvalue weighted by Crippen LogP contribution is 2.37. The van der Waals surface area contributed by atoms with E-state index in [9.17, 15) is 0 Å². The number of nitrogens with one attached hydrogen (secondary N) is 1. The Morgan fingerprint density at radius 3 is 2.79 bits per heavy atom. The molecule has 3 rings (SSSR count). The van der Waals surface area contributed by atoms with E-state index in [0.29, 0.717) is 5.92 Å². The summed E-state index contributed by atoms with van der Waals surface area (Å²) in [4.78, 5) is 1.44. The van der Waals surface area contributed by atoms with Crippen LogP contribution in [-0.2, 0) is 6.54 Å². The van der Waals surface area contributed by atoms with Crippen molar-refractivity contribution in [2.45, 2.75) is 12.5 Å². The molecule has 0 amide bonds. The number of thiophene rings is 1. The molecule has 100 valence electrons. The maximum atomic E-state index is 5.39. The summed E-state index contributed by atoms with van der Waals surface area (Å²) in [5.74, 6) is 1.97. The molecule has 4 heteroatoms. The van der Waals surface area contributed by atoms with Crippen LogP contribution >= 0.6 is 11.3 Å². The summed E-state index contributed by atoms with van der Waals surface area (Å²) in [6, 6.07) is 8.43. The Kier molecular flexibility index (Phi) is 3.44. The van der Waals surface area contributed by atoms with Crippen LogP contribution in [0.4, 0.5) is 0 Å². The fraction of sp³-hybridized carbons (Fsp3) is 0.333. The molecule has 1 aromatic carbocycles. The van der Waals surface area contributed by atoms with Gasteiger partial charge in [-0.1, -0.05) is 6.07 Å². The van der Waals surface area contributed by atoms with E-state index in [4.69, 9.17) is 9.47 Å². The number of fused-ring (bicyclic) bond motifs is 1. The topological polar surface area (TPSA) is 30.5 Å². The molecule has 0 saturated heterocycles. The minimum absolute atomic E-state index is 0.398. The van der Waals surface area contributed by atoms with Gasteiger partial charge in [-0.15, -0.1) is 11.3 Å². The predicted molar refractivity (Wildman–Crippen MR) is 77.4 cm³/mol. The monoisotopic (exact) mass is 275 g/mol. The first kappa shape index (κ1) is 12.5. The van der Waals surface area contributed by atoms with E-state index in [0.717, 1.165) is 24.6 Å². The molecule has 1 aromatic heterocycles. The van der Waals surface area contributed by atoms with E-state index in [-0.39, 0.29) is 0 Å². The first-order valence-corrected chi connectivity index (χ1v) is 7.20. The Labute approximate surface area is 117 Å². The molecule has 1 aliphatic rings. The van der Waals surface area contributed by atoms with Crippen LogP contribution in [0.15, 0.2) is 29.6 Å². The van der Waals surface area contributed by atoms with Crippen LogP contribution in [0.3, 0.4) is 0 Å². The van der Waals surface area contributed by atoms with Crippen LogP contribution in [-0.4, -0.2) is 20.8 Å². The molecule has 0 fully saturated rings. The lowest BCUT2D eigenvalue weighted by Gasteiger charge is -2.24. The van der Waals surface area contributed by atoms with E-state index in [1.807, 2.05) is 17.4 Å². The lowest BCUT2D eigenvalue weighted by Crippen LogP contribution is -2.27. The highest BCUT2D eigenvalue weighted by molar-refractivity contribution is 7.10. The zero-order valence-electron chi connectivity index (χ0n) is 11.1. The van der Waals surface area contributed by atoms with Gasteiger partial charge in [0.15, 0.2) is 11.5 Å². The fourth-order valence-electron chi connectivity index (χ4n) is 2.61. The van der Waals surface area contributed by atoms with Crippen molar-refractivity contribution in [1.29, 1.82) is 0 Å².